The van der Waals surface area contributed by atoms with Crippen LogP contribution in [0.5, 0.6) is 11.5 Å². The van der Waals surface area contributed by atoms with Gasteiger partial charge in [0.1, 0.15) is 0 Å². The first-order chi connectivity index (χ1) is 13.6. The number of fused-ring (bicyclic) bond motifs is 1. The van der Waals surface area contributed by atoms with Crippen molar-refractivity contribution >= 4 is 17.4 Å². The van der Waals surface area contributed by atoms with Gasteiger partial charge in [-0.15, -0.1) is 0 Å². The molecule has 0 unspecified atom stereocenters. The van der Waals surface area contributed by atoms with Crippen molar-refractivity contribution in [3.63, 3.8) is 0 Å². The van der Waals surface area contributed by atoms with Crippen molar-refractivity contribution in [1.82, 2.24) is 4.90 Å². The molecule has 28 heavy (non-hydrogen) atoms. The SMILES string of the molecule is CC(=O)c1ccc(N2CCN(C(=O)c3ccc4c(c3)OCCCO4)CC2)cc1. The minimum absolute atomic E-state index is 0.0159. The second-order valence-electron chi connectivity index (χ2n) is 7.09. The van der Waals surface area contributed by atoms with E-state index in [9.17, 15) is 9.59 Å². The van der Waals surface area contributed by atoms with Gasteiger partial charge in [0.15, 0.2) is 17.3 Å². The predicted molar refractivity (Wildman–Crippen MR) is 107 cm³/mol. The molecule has 0 saturated carbocycles. The maximum atomic E-state index is 12.9. The highest BCUT2D eigenvalue weighted by atomic mass is 16.5. The summed E-state index contributed by atoms with van der Waals surface area (Å²) >= 11 is 0. The number of rotatable bonds is 3. The van der Waals surface area contributed by atoms with Crippen LogP contribution in [-0.2, 0) is 0 Å². The van der Waals surface area contributed by atoms with E-state index in [0.717, 1.165) is 25.2 Å². The third-order valence-electron chi connectivity index (χ3n) is 5.20. The quantitative estimate of drug-likeness (QED) is 0.766. The Hall–Kier alpha value is -3.02. The summed E-state index contributed by atoms with van der Waals surface area (Å²) < 4.78 is 11.3. The van der Waals surface area contributed by atoms with E-state index in [1.807, 2.05) is 41.3 Å². The molecule has 6 heteroatoms. The largest absolute Gasteiger partial charge is 0.490 e. The summed E-state index contributed by atoms with van der Waals surface area (Å²) in [6, 6.07) is 13.1. The molecule has 2 aliphatic rings. The van der Waals surface area contributed by atoms with Crippen LogP contribution in [-0.4, -0.2) is 56.0 Å². The molecular weight excluding hydrogens is 356 g/mol. The fourth-order valence-corrected chi connectivity index (χ4v) is 3.55. The van der Waals surface area contributed by atoms with Crippen molar-refractivity contribution in [2.75, 3.05) is 44.3 Å². The zero-order chi connectivity index (χ0) is 19.5. The van der Waals surface area contributed by atoms with Gasteiger partial charge < -0.3 is 19.3 Å². The maximum Gasteiger partial charge on any atom is 0.254 e. The number of anilines is 1. The molecule has 1 fully saturated rings. The van der Waals surface area contributed by atoms with Crippen LogP contribution in [0.15, 0.2) is 42.5 Å². The molecule has 0 aromatic heterocycles. The zero-order valence-corrected chi connectivity index (χ0v) is 16.0. The van der Waals surface area contributed by atoms with Crippen LogP contribution in [0, 0.1) is 0 Å². The molecule has 2 heterocycles. The van der Waals surface area contributed by atoms with Crippen molar-refractivity contribution in [2.24, 2.45) is 0 Å². The Kier molecular flexibility index (Phi) is 5.19. The summed E-state index contributed by atoms with van der Waals surface area (Å²) in [7, 11) is 0. The van der Waals surface area contributed by atoms with Gasteiger partial charge in [0, 0.05) is 49.4 Å². The first-order valence-electron chi connectivity index (χ1n) is 9.67. The molecule has 0 N–H and O–H groups in total. The van der Waals surface area contributed by atoms with Gasteiger partial charge in [-0.1, -0.05) is 0 Å². The average Bonchev–Trinajstić information content (AvgIpc) is 2.98. The first kappa shape index (κ1) is 18.3. The summed E-state index contributed by atoms with van der Waals surface area (Å²) in [4.78, 5) is 28.4. The van der Waals surface area contributed by atoms with E-state index in [4.69, 9.17) is 9.47 Å². The van der Waals surface area contributed by atoms with Crippen molar-refractivity contribution < 1.29 is 19.1 Å². The topological polar surface area (TPSA) is 59.1 Å². The lowest BCUT2D eigenvalue weighted by molar-refractivity contribution is 0.0746. The van der Waals surface area contributed by atoms with Crippen LogP contribution in [0.25, 0.3) is 0 Å². The number of carbonyl (C=O) groups is 2. The molecule has 0 atom stereocenters. The summed E-state index contributed by atoms with van der Waals surface area (Å²) in [5, 5.41) is 0. The molecule has 2 aromatic rings. The normalized spacial score (nSPS) is 16.5. The Morgan fingerprint density at radius 1 is 0.821 bits per heavy atom. The predicted octanol–water partition coefficient (Wildman–Crippen LogP) is 3.01. The molecule has 1 saturated heterocycles. The molecule has 146 valence electrons. The minimum atomic E-state index is 0.0159. The van der Waals surface area contributed by atoms with Crippen LogP contribution in [0.2, 0.25) is 0 Å². The van der Waals surface area contributed by atoms with Gasteiger partial charge in [0.2, 0.25) is 0 Å². The lowest BCUT2D eigenvalue weighted by Gasteiger charge is -2.36. The standard InChI is InChI=1S/C22H24N2O4/c1-16(25)17-3-6-19(7-4-17)23-9-11-24(12-10-23)22(26)18-5-8-20-21(15-18)28-14-2-13-27-20/h3-8,15H,2,9-14H2,1H3. The number of piperazine rings is 1. The second kappa shape index (κ2) is 7.92. The Bertz CT molecular complexity index is 871. The van der Waals surface area contributed by atoms with Crippen LogP contribution in [0.4, 0.5) is 5.69 Å². The third kappa shape index (κ3) is 3.81. The number of hydrogen-bond donors (Lipinski definition) is 0. The van der Waals surface area contributed by atoms with Crippen molar-refractivity contribution in [3.8, 4) is 11.5 Å². The highest BCUT2D eigenvalue weighted by Gasteiger charge is 2.23. The van der Waals surface area contributed by atoms with E-state index >= 15 is 0 Å². The van der Waals surface area contributed by atoms with E-state index < -0.39 is 0 Å². The number of amides is 1. The van der Waals surface area contributed by atoms with Gasteiger partial charge in [-0.2, -0.15) is 0 Å². The number of carbonyl (C=O) groups excluding carboxylic acids is 2. The molecule has 2 aromatic carbocycles. The van der Waals surface area contributed by atoms with Crippen LogP contribution in [0.1, 0.15) is 34.1 Å². The van der Waals surface area contributed by atoms with E-state index in [2.05, 4.69) is 4.90 Å². The molecule has 0 spiro atoms. The van der Waals surface area contributed by atoms with E-state index in [1.165, 1.54) is 0 Å². The van der Waals surface area contributed by atoms with Gasteiger partial charge in [-0.05, 0) is 49.4 Å². The number of nitrogens with zero attached hydrogens (tertiary/aromatic N) is 2. The van der Waals surface area contributed by atoms with E-state index in [0.29, 0.717) is 48.9 Å². The number of ether oxygens (including phenoxy) is 2. The van der Waals surface area contributed by atoms with Gasteiger partial charge in [-0.25, -0.2) is 0 Å². The number of ketones is 1. The Morgan fingerprint density at radius 3 is 2.14 bits per heavy atom. The van der Waals surface area contributed by atoms with Gasteiger partial charge in [0.05, 0.1) is 13.2 Å². The zero-order valence-electron chi connectivity index (χ0n) is 16.0. The molecule has 1 amide bonds. The molecular formula is C22H24N2O4. The van der Waals surface area contributed by atoms with Crippen molar-refractivity contribution in [2.45, 2.75) is 13.3 Å². The first-order valence-corrected chi connectivity index (χ1v) is 9.67. The fraction of sp³-hybridized carbons (Fsp3) is 0.364. The summed E-state index contributed by atoms with van der Waals surface area (Å²) in [6.07, 6.45) is 0.841. The second-order valence-corrected chi connectivity index (χ2v) is 7.09. The highest BCUT2D eigenvalue weighted by Crippen LogP contribution is 2.31. The van der Waals surface area contributed by atoms with Gasteiger partial charge >= 0.3 is 0 Å². The van der Waals surface area contributed by atoms with E-state index in [-0.39, 0.29) is 11.7 Å². The maximum absolute atomic E-state index is 12.9. The fourth-order valence-electron chi connectivity index (χ4n) is 3.55. The lowest BCUT2D eigenvalue weighted by Crippen LogP contribution is -2.48. The van der Waals surface area contributed by atoms with Crippen LogP contribution < -0.4 is 14.4 Å². The molecule has 0 radical (unpaired) electrons. The number of benzene rings is 2. The monoisotopic (exact) mass is 380 g/mol. The highest BCUT2D eigenvalue weighted by molar-refractivity contribution is 5.95. The summed E-state index contributed by atoms with van der Waals surface area (Å²) in [5.74, 6) is 1.43. The Morgan fingerprint density at radius 2 is 1.46 bits per heavy atom. The molecule has 0 aliphatic carbocycles. The molecule has 6 nitrogen and oxygen atoms in total. The van der Waals surface area contributed by atoms with Crippen molar-refractivity contribution in [1.29, 1.82) is 0 Å². The minimum Gasteiger partial charge on any atom is -0.490 e. The summed E-state index contributed by atoms with van der Waals surface area (Å²) in [5.41, 5.74) is 2.42. The molecule has 0 bridgehead atoms. The Balaban J connectivity index is 1.40. The third-order valence-corrected chi connectivity index (χ3v) is 5.20. The Labute approximate surface area is 164 Å². The van der Waals surface area contributed by atoms with Crippen LogP contribution in [0.3, 0.4) is 0 Å². The molecule has 2 aliphatic heterocycles. The van der Waals surface area contributed by atoms with Crippen molar-refractivity contribution in [3.05, 3.63) is 53.6 Å². The number of Topliss-reactive ketones (excluding diaryl/α,β-unsaturated/α-hetero) is 1. The van der Waals surface area contributed by atoms with Crippen LogP contribution >= 0.6 is 0 Å². The van der Waals surface area contributed by atoms with E-state index in [1.54, 1.807) is 13.0 Å². The average molecular weight is 380 g/mol. The van der Waals surface area contributed by atoms with Gasteiger partial charge in [0.25, 0.3) is 5.91 Å². The smallest absolute Gasteiger partial charge is 0.254 e. The number of hydrogen-bond acceptors (Lipinski definition) is 5. The lowest BCUT2D eigenvalue weighted by atomic mass is 10.1. The van der Waals surface area contributed by atoms with Gasteiger partial charge in [-0.3, -0.25) is 9.59 Å². The summed E-state index contributed by atoms with van der Waals surface area (Å²) in [6.45, 7) is 5.63. The molecule has 4 rings (SSSR count).